The highest BCUT2D eigenvalue weighted by Gasteiger charge is 2.24. The Bertz CT molecular complexity index is 256. The highest BCUT2D eigenvalue weighted by Crippen LogP contribution is 2.27. The molecule has 0 aliphatic heterocycles. The number of benzene rings is 1. The summed E-state index contributed by atoms with van der Waals surface area (Å²) in [6, 6.07) is 6.57. The van der Waals surface area contributed by atoms with Crippen LogP contribution in [0.2, 0.25) is 5.02 Å². The lowest BCUT2D eigenvalue weighted by atomic mass is 10.1. The summed E-state index contributed by atoms with van der Waals surface area (Å²) in [6.45, 7) is 0. The van der Waals surface area contributed by atoms with Crippen LogP contribution in [0, 0.1) is 0 Å². The summed E-state index contributed by atoms with van der Waals surface area (Å²) >= 11 is 16.8. The number of alkyl halides is 2. The Kier molecular flexibility index (Phi) is 3.24. The second-order valence-electron chi connectivity index (χ2n) is 2.40. The first-order chi connectivity index (χ1) is 5.56. The zero-order chi connectivity index (χ0) is 9.19. The third-order valence-electron chi connectivity index (χ3n) is 1.46. The Morgan fingerprint density at radius 1 is 1.25 bits per heavy atom. The predicted molar refractivity (Wildman–Crippen MR) is 51.9 cm³/mol. The molecule has 1 rings (SSSR count). The zero-order valence-corrected chi connectivity index (χ0v) is 8.37. The van der Waals surface area contributed by atoms with Crippen molar-refractivity contribution in [3.05, 3.63) is 34.9 Å². The molecule has 12 heavy (non-hydrogen) atoms. The van der Waals surface area contributed by atoms with Crippen molar-refractivity contribution in [3.63, 3.8) is 0 Å². The molecule has 66 valence electrons. The van der Waals surface area contributed by atoms with Crippen molar-refractivity contribution in [2.75, 3.05) is 5.88 Å². The summed E-state index contributed by atoms with van der Waals surface area (Å²) in [4.78, 5) is 0. The fourth-order valence-electron chi connectivity index (χ4n) is 0.782. The smallest absolute Gasteiger partial charge is 0.177 e. The van der Waals surface area contributed by atoms with Gasteiger partial charge in [-0.3, -0.25) is 0 Å². The molecule has 0 saturated carbocycles. The van der Waals surface area contributed by atoms with Gasteiger partial charge in [-0.2, -0.15) is 0 Å². The summed E-state index contributed by atoms with van der Waals surface area (Å²) in [7, 11) is 0. The van der Waals surface area contributed by atoms with E-state index < -0.39 is 5.06 Å². The van der Waals surface area contributed by atoms with E-state index >= 15 is 0 Å². The van der Waals surface area contributed by atoms with E-state index in [2.05, 4.69) is 0 Å². The molecule has 0 heterocycles. The summed E-state index contributed by atoms with van der Waals surface area (Å²) in [5.41, 5.74) is 0.545. The second kappa shape index (κ2) is 3.84. The minimum Gasteiger partial charge on any atom is -0.370 e. The molecule has 0 amide bonds. The largest absolute Gasteiger partial charge is 0.370 e. The van der Waals surface area contributed by atoms with Crippen LogP contribution in [0.25, 0.3) is 0 Å². The molecule has 4 heteroatoms. The van der Waals surface area contributed by atoms with Crippen LogP contribution in [0.3, 0.4) is 0 Å². The van der Waals surface area contributed by atoms with Gasteiger partial charge in [-0.1, -0.05) is 35.3 Å². The maximum Gasteiger partial charge on any atom is 0.177 e. The van der Waals surface area contributed by atoms with Crippen LogP contribution in [0.4, 0.5) is 0 Å². The van der Waals surface area contributed by atoms with Crippen LogP contribution in [0.1, 0.15) is 5.56 Å². The molecular weight excluding hydrogens is 218 g/mol. The first-order valence-electron chi connectivity index (χ1n) is 3.29. The van der Waals surface area contributed by atoms with E-state index in [9.17, 15) is 5.11 Å². The first-order valence-corrected chi connectivity index (χ1v) is 4.58. The van der Waals surface area contributed by atoms with Crippen molar-refractivity contribution in [2.24, 2.45) is 0 Å². The normalized spacial score (nSPS) is 15.7. The molecule has 0 unspecified atom stereocenters. The highest BCUT2D eigenvalue weighted by molar-refractivity contribution is 6.31. The zero-order valence-electron chi connectivity index (χ0n) is 6.10. The van der Waals surface area contributed by atoms with Crippen molar-refractivity contribution >= 4 is 34.8 Å². The van der Waals surface area contributed by atoms with Crippen LogP contribution in [-0.2, 0) is 5.06 Å². The average Bonchev–Trinajstić information content (AvgIpc) is 2.05. The SMILES string of the molecule is O[C@@](Cl)(CCl)c1ccc(Cl)cc1. The van der Waals surface area contributed by atoms with E-state index in [4.69, 9.17) is 34.8 Å². The fourth-order valence-corrected chi connectivity index (χ4v) is 1.19. The van der Waals surface area contributed by atoms with E-state index in [0.717, 1.165) is 0 Å². The van der Waals surface area contributed by atoms with Gasteiger partial charge in [0.05, 0.1) is 5.88 Å². The fraction of sp³-hybridized carbons (Fsp3) is 0.250. The molecule has 0 radical (unpaired) electrons. The van der Waals surface area contributed by atoms with E-state index in [1.54, 1.807) is 24.3 Å². The van der Waals surface area contributed by atoms with Gasteiger partial charge < -0.3 is 5.11 Å². The summed E-state index contributed by atoms with van der Waals surface area (Å²) < 4.78 is 0. The molecule has 1 nitrogen and oxygen atoms in total. The van der Waals surface area contributed by atoms with Gasteiger partial charge in [0.2, 0.25) is 0 Å². The van der Waals surface area contributed by atoms with Crippen molar-refractivity contribution in [2.45, 2.75) is 5.06 Å². The Labute approximate surface area is 85.9 Å². The third kappa shape index (κ3) is 2.27. The second-order valence-corrected chi connectivity index (χ2v) is 3.73. The van der Waals surface area contributed by atoms with Crippen molar-refractivity contribution in [1.29, 1.82) is 0 Å². The number of hydrogen-bond donors (Lipinski definition) is 1. The number of rotatable bonds is 2. The van der Waals surface area contributed by atoms with Gasteiger partial charge in [-0.15, -0.1) is 11.6 Å². The molecule has 0 aromatic heterocycles. The Balaban J connectivity index is 2.96. The summed E-state index contributed by atoms with van der Waals surface area (Å²) in [5, 5.41) is 8.58. The van der Waals surface area contributed by atoms with Gasteiger partial charge in [0.1, 0.15) is 0 Å². The lowest BCUT2D eigenvalue weighted by Crippen LogP contribution is -2.19. The highest BCUT2D eigenvalue weighted by atomic mass is 35.5. The Hall–Kier alpha value is 0.0500. The number of aliphatic hydroxyl groups is 1. The molecule has 1 aromatic rings. The maximum atomic E-state index is 9.48. The van der Waals surface area contributed by atoms with Gasteiger partial charge in [-0.25, -0.2) is 0 Å². The summed E-state index contributed by atoms with van der Waals surface area (Å²) in [5.74, 6) is -0.0593. The van der Waals surface area contributed by atoms with Crippen LogP contribution >= 0.6 is 34.8 Å². The quantitative estimate of drug-likeness (QED) is 0.767. The van der Waals surface area contributed by atoms with Gasteiger partial charge >= 0.3 is 0 Å². The minimum absolute atomic E-state index is 0.0593. The molecule has 1 aromatic carbocycles. The lowest BCUT2D eigenvalue weighted by Gasteiger charge is -2.17. The summed E-state index contributed by atoms with van der Waals surface area (Å²) in [6.07, 6.45) is 0. The van der Waals surface area contributed by atoms with Gasteiger partial charge in [0, 0.05) is 10.6 Å². The monoisotopic (exact) mass is 224 g/mol. The topological polar surface area (TPSA) is 20.2 Å². The molecule has 0 saturated heterocycles. The first kappa shape index (κ1) is 10.1. The van der Waals surface area contributed by atoms with Crippen LogP contribution in [0.5, 0.6) is 0 Å². The number of halogens is 3. The van der Waals surface area contributed by atoms with E-state index in [0.29, 0.717) is 10.6 Å². The lowest BCUT2D eigenvalue weighted by molar-refractivity contribution is 0.154. The molecule has 1 atom stereocenters. The standard InChI is InChI=1S/C8H7Cl3O/c9-5-8(11,12)6-1-3-7(10)4-2-6/h1-4,12H,5H2/t8-/m0/s1. The minimum atomic E-state index is -1.49. The van der Waals surface area contributed by atoms with Crippen LogP contribution in [0.15, 0.2) is 24.3 Å². The van der Waals surface area contributed by atoms with Crippen LogP contribution < -0.4 is 0 Å². The maximum absolute atomic E-state index is 9.48. The Morgan fingerprint density at radius 3 is 2.17 bits per heavy atom. The molecule has 0 spiro atoms. The van der Waals surface area contributed by atoms with Gasteiger partial charge in [0.25, 0.3) is 0 Å². The molecule has 0 aliphatic rings. The van der Waals surface area contributed by atoms with E-state index in [1.807, 2.05) is 0 Å². The Morgan fingerprint density at radius 2 is 1.75 bits per heavy atom. The van der Waals surface area contributed by atoms with E-state index in [1.165, 1.54) is 0 Å². The molecule has 0 fully saturated rings. The van der Waals surface area contributed by atoms with E-state index in [-0.39, 0.29) is 5.88 Å². The number of hydrogen-bond acceptors (Lipinski definition) is 1. The van der Waals surface area contributed by atoms with Crippen molar-refractivity contribution in [1.82, 2.24) is 0 Å². The molecule has 0 aliphatic carbocycles. The third-order valence-corrected chi connectivity index (χ3v) is 2.59. The van der Waals surface area contributed by atoms with Crippen molar-refractivity contribution in [3.8, 4) is 0 Å². The van der Waals surface area contributed by atoms with Crippen molar-refractivity contribution < 1.29 is 5.11 Å². The van der Waals surface area contributed by atoms with Gasteiger partial charge in [-0.05, 0) is 12.1 Å². The van der Waals surface area contributed by atoms with Gasteiger partial charge in [0.15, 0.2) is 5.06 Å². The molecule has 0 bridgehead atoms. The average molecular weight is 226 g/mol. The predicted octanol–water partition coefficient (Wildman–Crippen LogP) is 2.96. The molecule has 1 N–H and O–H groups in total. The van der Waals surface area contributed by atoms with Crippen LogP contribution in [-0.4, -0.2) is 11.0 Å². The molecular formula is C8H7Cl3O.